The summed E-state index contributed by atoms with van der Waals surface area (Å²) in [5.74, 6) is 0. The number of aromatic nitrogens is 2. The van der Waals surface area contributed by atoms with E-state index in [1.54, 1.807) is 42.5 Å². The molecular formula is C15H12ClN5O. The van der Waals surface area contributed by atoms with E-state index in [1.807, 2.05) is 6.07 Å². The van der Waals surface area contributed by atoms with Gasteiger partial charge in [-0.25, -0.2) is 0 Å². The van der Waals surface area contributed by atoms with Crippen LogP contribution in [0.4, 0.5) is 17.1 Å². The van der Waals surface area contributed by atoms with Gasteiger partial charge in [-0.1, -0.05) is 23.7 Å². The lowest BCUT2D eigenvalue weighted by molar-refractivity contribution is 1.06. The van der Waals surface area contributed by atoms with Gasteiger partial charge in [0.2, 0.25) is 0 Å². The van der Waals surface area contributed by atoms with Gasteiger partial charge >= 0.3 is 0 Å². The predicted octanol–water partition coefficient (Wildman–Crippen LogP) is 4.02. The van der Waals surface area contributed by atoms with E-state index in [2.05, 4.69) is 20.4 Å². The number of nitrogens with one attached hydrogen (secondary N) is 2. The van der Waals surface area contributed by atoms with E-state index >= 15 is 0 Å². The van der Waals surface area contributed by atoms with Crippen molar-refractivity contribution in [2.24, 2.45) is 10.2 Å². The van der Waals surface area contributed by atoms with Crippen molar-refractivity contribution < 1.29 is 0 Å². The molecule has 0 radical (unpaired) electrons. The van der Waals surface area contributed by atoms with E-state index in [4.69, 9.17) is 17.3 Å². The Bertz CT molecular complexity index is 879. The highest BCUT2D eigenvalue weighted by Gasteiger charge is 2.11. The lowest BCUT2D eigenvalue weighted by Crippen LogP contribution is -1.96. The monoisotopic (exact) mass is 313 g/mol. The van der Waals surface area contributed by atoms with Crippen LogP contribution in [0.25, 0.3) is 11.3 Å². The van der Waals surface area contributed by atoms with E-state index in [0.717, 1.165) is 5.56 Å². The SMILES string of the molecule is Nc1cccc(-c2[nH][nH]c(=O)c2N=Nc2ccc(Cl)cc2)c1. The number of aromatic amines is 2. The van der Waals surface area contributed by atoms with Gasteiger partial charge < -0.3 is 5.73 Å². The van der Waals surface area contributed by atoms with Gasteiger partial charge in [0.25, 0.3) is 5.56 Å². The second-order valence-electron chi connectivity index (χ2n) is 4.60. The van der Waals surface area contributed by atoms with Gasteiger partial charge in [0.05, 0.1) is 11.4 Å². The fourth-order valence-corrected chi connectivity index (χ4v) is 2.09. The van der Waals surface area contributed by atoms with Gasteiger partial charge in [-0.3, -0.25) is 15.0 Å². The largest absolute Gasteiger partial charge is 0.399 e. The molecule has 2 aromatic carbocycles. The number of H-pyrrole nitrogens is 2. The van der Waals surface area contributed by atoms with E-state index in [0.29, 0.717) is 22.1 Å². The average molecular weight is 314 g/mol. The number of azo groups is 1. The Morgan fingerprint density at radius 2 is 1.77 bits per heavy atom. The molecule has 22 heavy (non-hydrogen) atoms. The van der Waals surface area contributed by atoms with Crippen molar-refractivity contribution in [3.05, 3.63) is 63.9 Å². The number of nitrogens with two attached hydrogens (primary N) is 1. The molecule has 3 rings (SSSR count). The summed E-state index contributed by atoms with van der Waals surface area (Å²) < 4.78 is 0. The van der Waals surface area contributed by atoms with Crippen molar-refractivity contribution in [3.8, 4) is 11.3 Å². The molecule has 4 N–H and O–H groups in total. The Balaban J connectivity index is 1.99. The zero-order chi connectivity index (χ0) is 15.5. The summed E-state index contributed by atoms with van der Waals surface area (Å²) in [5, 5.41) is 14.0. The Morgan fingerprint density at radius 3 is 2.50 bits per heavy atom. The Morgan fingerprint density at radius 1 is 1.00 bits per heavy atom. The van der Waals surface area contributed by atoms with E-state index in [-0.39, 0.29) is 11.2 Å². The van der Waals surface area contributed by atoms with Crippen LogP contribution in [0, 0.1) is 0 Å². The molecule has 0 saturated carbocycles. The molecule has 0 aliphatic heterocycles. The molecule has 0 amide bonds. The van der Waals surface area contributed by atoms with Crippen molar-refractivity contribution in [1.82, 2.24) is 10.2 Å². The first-order chi connectivity index (χ1) is 10.6. The molecule has 7 heteroatoms. The first kappa shape index (κ1) is 14.1. The normalized spacial score (nSPS) is 11.1. The second kappa shape index (κ2) is 5.87. The molecule has 3 aromatic rings. The third kappa shape index (κ3) is 2.91. The van der Waals surface area contributed by atoms with Gasteiger partial charge in [-0.2, -0.15) is 5.11 Å². The molecule has 0 bridgehead atoms. The molecule has 6 nitrogen and oxygen atoms in total. The van der Waals surface area contributed by atoms with Crippen LogP contribution in [0.15, 0.2) is 63.6 Å². The zero-order valence-corrected chi connectivity index (χ0v) is 12.1. The Labute approximate surface area is 130 Å². The molecule has 0 spiro atoms. The number of halogens is 1. The van der Waals surface area contributed by atoms with Crippen LogP contribution in [-0.2, 0) is 0 Å². The molecule has 0 fully saturated rings. The van der Waals surface area contributed by atoms with Crippen LogP contribution in [0.1, 0.15) is 0 Å². The van der Waals surface area contributed by atoms with E-state index < -0.39 is 0 Å². The first-order valence-electron chi connectivity index (χ1n) is 6.47. The maximum Gasteiger partial charge on any atom is 0.292 e. The Hall–Kier alpha value is -2.86. The highest BCUT2D eigenvalue weighted by molar-refractivity contribution is 6.30. The predicted molar refractivity (Wildman–Crippen MR) is 86.9 cm³/mol. The molecule has 0 atom stereocenters. The fraction of sp³-hybridized carbons (Fsp3) is 0. The van der Waals surface area contributed by atoms with E-state index in [9.17, 15) is 4.79 Å². The standard InChI is InChI=1S/C15H12ClN5O/c16-10-4-6-12(7-5-10)18-20-14-13(19-21-15(14)22)9-2-1-3-11(17)8-9/h1-8H,17H2,(H2,19,21,22). The smallest absolute Gasteiger partial charge is 0.292 e. The number of nitrogen functional groups attached to an aromatic ring is 1. The van der Waals surface area contributed by atoms with Gasteiger partial charge in [0, 0.05) is 16.3 Å². The maximum atomic E-state index is 11.9. The van der Waals surface area contributed by atoms with Crippen molar-refractivity contribution in [3.63, 3.8) is 0 Å². The van der Waals surface area contributed by atoms with Crippen LogP contribution in [-0.4, -0.2) is 10.2 Å². The molecule has 0 aliphatic carbocycles. The quantitative estimate of drug-likeness (QED) is 0.502. The van der Waals surface area contributed by atoms with Crippen LogP contribution in [0.3, 0.4) is 0 Å². The van der Waals surface area contributed by atoms with Crippen molar-refractivity contribution >= 4 is 28.7 Å². The molecule has 1 heterocycles. The third-order valence-electron chi connectivity index (χ3n) is 3.02. The number of hydrogen-bond donors (Lipinski definition) is 3. The van der Waals surface area contributed by atoms with Gasteiger partial charge in [-0.15, -0.1) is 5.11 Å². The lowest BCUT2D eigenvalue weighted by Gasteiger charge is -2.00. The highest BCUT2D eigenvalue weighted by Crippen LogP contribution is 2.27. The second-order valence-corrected chi connectivity index (χ2v) is 5.04. The summed E-state index contributed by atoms with van der Waals surface area (Å²) in [6.07, 6.45) is 0. The lowest BCUT2D eigenvalue weighted by atomic mass is 10.1. The maximum absolute atomic E-state index is 11.9. The van der Waals surface area contributed by atoms with E-state index in [1.165, 1.54) is 0 Å². The van der Waals surface area contributed by atoms with Crippen molar-refractivity contribution in [2.75, 3.05) is 5.73 Å². The summed E-state index contributed by atoms with van der Waals surface area (Å²) in [5.41, 5.74) is 8.09. The minimum absolute atomic E-state index is 0.195. The van der Waals surface area contributed by atoms with Gasteiger partial charge in [0.1, 0.15) is 0 Å². The van der Waals surface area contributed by atoms with Crippen LogP contribution in [0.5, 0.6) is 0 Å². The summed E-state index contributed by atoms with van der Waals surface area (Å²) in [4.78, 5) is 11.9. The van der Waals surface area contributed by atoms with Gasteiger partial charge in [-0.05, 0) is 36.4 Å². The summed E-state index contributed by atoms with van der Waals surface area (Å²) in [6.45, 7) is 0. The summed E-state index contributed by atoms with van der Waals surface area (Å²) in [6, 6.07) is 14.0. The highest BCUT2D eigenvalue weighted by atomic mass is 35.5. The molecule has 0 saturated heterocycles. The molecule has 0 unspecified atom stereocenters. The zero-order valence-electron chi connectivity index (χ0n) is 11.4. The number of anilines is 1. The van der Waals surface area contributed by atoms with Crippen LogP contribution >= 0.6 is 11.6 Å². The summed E-state index contributed by atoms with van der Waals surface area (Å²) in [7, 11) is 0. The van der Waals surface area contributed by atoms with Crippen molar-refractivity contribution in [2.45, 2.75) is 0 Å². The topological polar surface area (TPSA) is 99.4 Å². The fourth-order valence-electron chi connectivity index (χ4n) is 1.97. The number of nitrogens with zero attached hydrogens (tertiary/aromatic N) is 2. The summed E-state index contributed by atoms with van der Waals surface area (Å²) >= 11 is 5.81. The molecular weight excluding hydrogens is 302 g/mol. The number of hydrogen-bond acceptors (Lipinski definition) is 4. The minimum Gasteiger partial charge on any atom is -0.399 e. The Kier molecular flexibility index (Phi) is 3.76. The molecule has 110 valence electrons. The molecule has 0 aliphatic rings. The average Bonchev–Trinajstić information content (AvgIpc) is 2.88. The third-order valence-corrected chi connectivity index (χ3v) is 3.27. The number of benzene rings is 2. The number of rotatable bonds is 3. The molecule has 1 aromatic heterocycles. The van der Waals surface area contributed by atoms with Crippen LogP contribution in [0.2, 0.25) is 5.02 Å². The van der Waals surface area contributed by atoms with Gasteiger partial charge in [0.15, 0.2) is 5.69 Å². The minimum atomic E-state index is -0.352. The van der Waals surface area contributed by atoms with Crippen LogP contribution < -0.4 is 11.3 Å². The van der Waals surface area contributed by atoms with Crippen molar-refractivity contribution in [1.29, 1.82) is 0 Å². The first-order valence-corrected chi connectivity index (χ1v) is 6.85.